The molecule has 0 spiro atoms. The maximum Gasteiger partial charge on any atom is 0.335 e. The summed E-state index contributed by atoms with van der Waals surface area (Å²) in [6.45, 7) is 3.61. The van der Waals surface area contributed by atoms with Crippen LogP contribution in [0.4, 0.5) is 4.79 Å². The first-order valence-electron chi connectivity index (χ1n) is 6.72. The Morgan fingerprint density at radius 1 is 1.30 bits per heavy atom. The van der Waals surface area contributed by atoms with Crippen molar-refractivity contribution in [3.8, 4) is 0 Å². The third kappa shape index (κ3) is 3.96. The van der Waals surface area contributed by atoms with Crippen LogP contribution >= 0.6 is 0 Å². The summed E-state index contributed by atoms with van der Waals surface area (Å²) in [6.07, 6.45) is 0.624. The first-order chi connectivity index (χ1) is 9.66. The lowest BCUT2D eigenvalue weighted by Crippen LogP contribution is -2.50. The highest BCUT2D eigenvalue weighted by Crippen LogP contribution is 2.05. The average Bonchev–Trinajstić information content (AvgIpc) is 2.48. The minimum atomic E-state index is -0.934. The van der Waals surface area contributed by atoms with Gasteiger partial charge in [0.05, 0.1) is 5.56 Å². The maximum absolute atomic E-state index is 11.9. The average molecular weight is 277 g/mol. The quantitative estimate of drug-likeness (QED) is 0.750. The monoisotopic (exact) mass is 277 g/mol. The Balaban J connectivity index is 1.79. The van der Waals surface area contributed by atoms with Crippen LogP contribution in [0.5, 0.6) is 0 Å². The predicted octanol–water partition coefficient (Wildman–Crippen LogP) is 0.542. The first-order valence-corrected chi connectivity index (χ1v) is 6.72. The minimum Gasteiger partial charge on any atom is -0.478 e. The van der Waals surface area contributed by atoms with Gasteiger partial charge in [0.15, 0.2) is 0 Å². The van der Waals surface area contributed by atoms with E-state index in [-0.39, 0.29) is 11.6 Å². The number of hydrogen-bond donors (Lipinski definition) is 3. The number of rotatable bonds is 4. The van der Waals surface area contributed by atoms with E-state index in [0.717, 1.165) is 31.7 Å². The molecule has 1 saturated heterocycles. The van der Waals surface area contributed by atoms with E-state index in [1.807, 2.05) is 6.07 Å². The number of carboxylic acid groups (broad SMARTS) is 1. The number of hydrogen-bond acceptors (Lipinski definition) is 3. The summed E-state index contributed by atoms with van der Waals surface area (Å²) in [5, 5.41) is 15.0. The van der Waals surface area contributed by atoms with Crippen LogP contribution in [0.3, 0.4) is 0 Å². The van der Waals surface area contributed by atoms with E-state index in [9.17, 15) is 9.59 Å². The lowest BCUT2D eigenvalue weighted by atomic mass is 10.1. The Hall–Kier alpha value is -2.08. The van der Waals surface area contributed by atoms with Gasteiger partial charge in [-0.25, -0.2) is 9.59 Å². The normalized spacial score (nSPS) is 14.9. The Morgan fingerprint density at radius 3 is 2.75 bits per heavy atom. The van der Waals surface area contributed by atoms with Gasteiger partial charge in [-0.3, -0.25) is 0 Å². The fraction of sp³-hybridized carbons (Fsp3) is 0.429. The number of aromatic carboxylic acids is 1. The van der Waals surface area contributed by atoms with Gasteiger partial charge in [0, 0.05) is 32.7 Å². The number of urea groups is 1. The summed E-state index contributed by atoms with van der Waals surface area (Å²) < 4.78 is 0. The second-order valence-corrected chi connectivity index (χ2v) is 4.72. The Labute approximate surface area is 117 Å². The molecule has 2 amide bonds. The van der Waals surface area contributed by atoms with E-state index in [2.05, 4.69) is 10.6 Å². The van der Waals surface area contributed by atoms with Gasteiger partial charge in [-0.1, -0.05) is 12.1 Å². The SMILES string of the molecule is O=C(O)c1cccc(CCNC(=O)N2CCNCC2)c1. The van der Waals surface area contributed by atoms with Crippen molar-refractivity contribution < 1.29 is 14.7 Å². The Kier molecular flexibility index (Phi) is 4.95. The summed E-state index contributed by atoms with van der Waals surface area (Å²) >= 11 is 0. The highest BCUT2D eigenvalue weighted by Gasteiger charge is 2.15. The van der Waals surface area contributed by atoms with E-state index in [1.165, 1.54) is 0 Å². The Morgan fingerprint density at radius 2 is 2.05 bits per heavy atom. The molecule has 1 aliphatic rings. The lowest BCUT2D eigenvalue weighted by Gasteiger charge is -2.27. The molecule has 1 heterocycles. The molecule has 2 rings (SSSR count). The van der Waals surface area contributed by atoms with Crippen molar-refractivity contribution in [3.05, 3.63) is 35.4 Å². The standard InChI is InChI=1S/C14H19N3O3/c18-13(19)12-3-1-2-11(10-12)4-5-16-14(20)17-8-6-15-7-9-17/h1-3,10,15H,4-9H2,(H,16,20)(H,18,19). The van der Waals surface area contributed by atoms with Crippen LogP contribution in [-0.2, 0) is 6.42 Å². The van der Waals surface area contributed by atoms with Gasteiger partial charge in [-0.15, -0.1) is 0 Å². The van der Waals surface area contributed by atoms with Crippen molar-refractivity contribution in [1.82, 2.24) is 15.5 Å². The van der Waals surface area contributed by atoms with Crippen molar-refractivity contribution in [3.63, 3.8) is 0 Å². The van der Waals surface area contributed by atoms with E-state index in [0.29, 0.717) is 13.0 Å². The molecule has 108 valence electrons. The van der Waals surface area contributed by atoms with Gasteiger partial charge in [0.1, 0.15) is 0 Å². The molecule has 0 atom stereocenters. The molecule has 1 aromatic rings. The molecule has 0 unspecified atom stereocenters. The molecule has 1 aromatic carbocycles. The highest BCUT2D eigenvalue weighted by atomic mass is 16.4. The first kappa shape index (κ1) is 14.3. The number of carbonyl (C=O) groups excluding carboxylic acids is 1. The van der Waals surface area contributed by atoms with E-state index in [4.69, 9.17) is 5.11 Å². The van der Waals surface area contributed by atoms with Gasteiger partial charge in [-0.2, -0.15) is 0 Å². The number of nitrogens with zero attached hydrogens (tertiary/aromatic N) is 1. The summed E-state index contributed by atoms with van der Waals surface area (Å²) in [4.78, 5) is 24.5. The van der Waals surface area contributed by atoms with Crippen LogP contribution in [0.2, 0.25) is 0 Å². The zero-order valence-electron chi connectivity index (χ0n) is 11.3. The van der Waals surface area contributed by atoms with Crippen LogP contribution < -0.4 is 10.6 Å². The molecule has 0 saturated carbocycles. The zero-order chi connectivity index (χ0) is 14.4. The van der Waals surface area contributed by atoms with E-state index < -0.39 is 5.97 Å². The van der Waals surface area contributed by atoms with Crippen LogP contribution in [0.25, 0.3) is 0 Å². The van der Waals surface area contributed by atoms with Crippen LogP contribution in [0.1, 0.15) is 15.9 Å². The topological polar surface area (TPSA) is 81.7 Å². The number of amides is 2. The van der Waals surface area contributed by atoms with E-state index in [1.54, 1.807) is 23.1 Å². The molecule has 20 heavy (non-hydrogen) atoms. The van der Waals surface area contributed by atoms with Crippen molar-refractivity contribution in [2.24, 2.45) is 0 Å². The number of carbonyl (C=O) groups is 2. The van der Waals surface area contributed by atoms with Gasteiger partial charge in [-0.05, 0) is 24.1 Å². The number of benzene rings is 1. The number of piperazine rings is 1. The fourth-order valence-electron chi connectivity index (χ4n) is 2.15. The number of nitrogens with one attached hydrogen (secondary N) is 2. The maximum atomic E-state index is 11.9. The van der Waals surface area contributed by atoms with Crippen LogP contribution in [0.15, 0.2) is 24.3 Å². The molecule has 3 N–H and O–H groups in total. The molecule has 0 aromatic heterocycles. The zero-order valence-corrected chi connectivity index (χ0v) is 11.3. The minimum absolute atomic E-state index is 0.0547. The van der Waals surface area contributed by atoms with Crippen molar-refractivity contribution in [2.75, 3.05) is 32.7 Å². The third-order valence-electron chi connectivity index (χ3n) is 3.27. The fourth-order valence-corrected chi connectivity index (χ4v) is 2.15. The molecular formula is C14H19N3O3. The van der Waals surface area contributed by atoms with Gasteiger partial charge in [0.2, 0.25) is 0 Å². The van der Waals surface area contributed by atoms with Crippen LogP contribution in [-0.4, -0.2) is 54.7 Å². The second kappa shape index (κ2) is 6.91. The largest absolute Gasteiger partial charge is 0.478 e. The summed E-state index contributed by atoms with van der Waals surface area (Å²) in [5.74, 6) is -0.934. The molecule has 1 aliphatic heterocycles. The van der Waals surface area contributed by atoms with E-state index >= 15 is 0 Å². The van der Waals surface area contributed by atoms with Crippen molar-refractivity contribution in [2.45, 2.75) is 6.42 Å². The van der Waals surface area contributed by atoms with Gasteiger partial charge >= 0.3 is 12.0 Å². The van der Waals surface area contributed by atoms with Crippen molar-refractivity contribution in [1.29, 1.82) is 0 Å². The van der Waals surface area contributed by atoms with Gasteiger partial charge < -0.3 is 20.6 Å². The molecule has 0 bridgehead atoms. The molecule has 6 nitrogen and oxygen atoms in total. The molecule has 6 heteroatoms. The highest BCUT2D eigenvalue weighted by molar-refractivity contribution is 5.87. The molecular weight excluding hydrogens is 258 g/mol. The smallest absolute Gasteiger partial charge is 0.335 e. The Bertz CT molecular complexity index is 484. The molecule has 1 fully saturated rings. The van der Waals surface area contributed by atoms with Gasteiger partial charge in [0.25, 0.3) is 0 Å². The second-order valence-electron chi connectivity index (χ2n) is 4.72. The summed E-state index contributed by atoms with van der Waals surface area (Å²) in [5.41, 5.74) is 1.18. The lowest BCUT2D eigenvalue weighted by molar-refractivity contribution is 0.0696. The van der Waals surface area contributed by atoms with Crippen molar-refractivity contribution >= 4 is 12.0 Å². The molecule has 0 radical (unpaired) electrons. The summed E-state index contributed by atoms with van der Waals surface area (Å²) in [6, 6.07) is 6.73. The predicted molar refractivity (Wildman–Crippen MR) is 74.9 cm³/mol. The van der Waals surface area contributed by atoms with Crippen LogP contribution in [0, 0.1) is 0 Å². The number of carboxylic acids is 1. The third-order valence-corrected chi connectivity index (χ3v) is 3.27. The molecule has 0 aliphatic carbocycles. The summed E-state index contributed by atoms with van der Waals surface area (Å²) in [7, 11) is 0.